The Morgan fingerprint density at radius 2 is 2.14 bits per heavy atom. The number of aromatic nitrogens is 1. The Morgan fingerprint density at radius 3 is 3.00 bits per heavy atom. The summed E-state index contributed by atoms with van der Waals surface area (Å²) in [6.45, 7) is 0.166. The summed E-state index contributed by atoms with van der Waals surface area (Å²) in [4.78, 5) is 12.4. The predicted octanol–water partition coefficient (Wildman–Crippen LogP) is 1.89. The zero-order valence-corrected chi connectivity index (χ0v) is 12.4. The molecule has 116 valence electrons. The number of nitrogens with one attached hydrogen (secondary N) is 1. The molecule has 4 atom stereocenters. The number of hydrogen-bond acceptors (Lipinski definition) is 4. The maximum Gasteiger partial charge on any atom is 0.226 e. The number of benzene rings is 1. The van der Waals surface area contributed by atoms with Gasteiger partial charge in [-0.15, -0.1) is 0 Å². The lowest BCUT2D eigenvalue weighted by Gasteiger charge is -2.30. The summed E-state index contributed by atoms with van der Waals surface area (Å²) in [5.41, 5.74) is 1.38. The molecule has 2 saturated carbocycles. The van der Waals surface area contributed by atoms with E-state index in [0.29, 0.717) is 23.1 Å². The molecule has 1 heterocycles. The van der Waals surface area contributed by atoms with Crippen LogP contribution in [0.1, 0.15) is 25.0 Å². The van der Waals surface area contributed by atoms with Crippen molar-refractivity contribution in [1.29, 1.82) is 0 Å². The molecule has 2 N–H and O–H groups in total. The molecule has 5 nitrogen and oxygen atoms in total. The number of fused-ring (bicyclic) bond motifs is 3. The smallest absolute Gasteiger partial charge is 0.226 e. The summed E-state index contributed by atoms with van der Waals surface area (Å²) >= 11 is 0. The molecule has 0 saturated heterocycles. The molecule has 2 bridgehead atoms. The molecule has 0 spiro atoms. The quantitative estimate of drug-likeness (QED) is 0.904. The second kappa shape index (κ2) is 5.39. The number of carbonyl (C=O) groups excluding carboxylic acids is 1. The summed E-state index contributed by atoms with van der Waals surface area (Å²) in [7, 11) is 0. The van der Waals surface area contributed by atoms with Gasteiger partial charge in [0.25, 0.3) is 0 Å². The van der Waals surface area contributed by atoms with Gasteiger partial charge in [-0.1, -0.05) is 17.3 Å². The third-order valence-electron chi connectivity index (χ3n) is 5.41. The van der Waals surface area contributed by atoms with Crippen LogP contribution in [0.2, 0.25) is 0 Å². The molecule has 1 aromatic heterocycles. The van der Waals surface area contributed by atoms with E-state index in [1.807, 2.05) is 24.3 Å². The molecule has 2 aromatic rings. The summed E-state index contributed by atoms with van der Waals surface area (Å²) in [5, 5.41) is 17.6. The van der Waals surface area contributed by atoms with Crippen molar-refractivity contribution in [3.8, 4) is 0 Å². The van der Waals surface area contributed by atoms with E-state index < -0.39 is 0 Å². The van der Waals surface area contributed by atoms with Crippen molar-refractivity contribution in [3.63, 3.8) is 0 Å². The highest BCUT2D eigenvalue weighted by Crippen LogP contribution is 2.48. The molecule has 22 heavy (non-hydrogen) atoms. The molecule has 2 aliphatic carbocycles. The molecule has 1 aromatic carbocycles. The van der Waals surface area contributed by atoms with E-state index >= 15 is 0 Å². The first-order valence-electron chi connectivity index (χ1n) is 8.00. The van der Waals surface area contributed by atoms with Crippen LogP contribution in [-0.4, -0.2) is 28.8 Å². The molecule has 2 aliphatic rings. The third kappa shape index (κ3) is 2.20. The van der Waals surface area contributed by atoms with E-state index in [1.165, 1.54) is 12.8 Å². The first-order chi connectivity index (χ1) is 10.8. The Labute approximate surface area is 128 Å². The molecule has 4 unspecified atom stereocenters. The van der Waals surface area contributed by atoms with E-state index in [9.17, 15) is 9.90 Å². The molecule has 0 radical (unpaired) electrons. The molecular formula is C17H20N2O3. The van der Waals surface area contributed by atoms with Gasteiger partial charge in [0, 0.05) is 24.0 Å². The van der Waals surface area contributed by atoms with Gasteiger partial charge in [0.2, 0.25) is 5.91 Å². The first-order valence-corrected chi connectivity index (χ1v) is 8.00. The standard InChI is InChI=1S/C17H20N2O3/c20-9-13-10-5-6-11(7-10)17(13)18-16(21)8-14-12-3-1-2-4-15(12)22-19-14/h1-4,10-11,13,17,20H,5-9H2,(H,18,21). The fourth-order valence-electron chi connectivity index (χ4n) is 4.35. The van der Waals surface area contributed by atoms with Gasteiger partial charge in [0.15, 0.2) is 5.58 Å². The van der Waals surface area contributed by atoms with Crippen molar-refractivity contribution < 1.29 is 14.4 Å². The van der Waals surface area contributed by atoms with Crippen molar-refractivity contribution in [3.05, 3.63) is 30.0 Å². The second-order valence-electron chi connectivity index (χ2n) is 6.58. The largest absolute Gasteiger partial charge is 0.396 e. The van der Waals surface area contributed by atoms with Gasteiger partial charge in [-0.3, -0.25) is 4.79 Å². The number of aliphatic hydroxyl groups is 1. The average Bonchev–Trinajstić information content (AvgIpc) is 3.22. The van der Waals surface area contributed by atoms with Crippen molar-refractivity contribution in [1.82, 2.24) is 10.5 Å². The van der Waals surface area contributed by atoms with Gasteiger partial charge in [-0.05, 0) is 43.2 Å². The highest BCUT2D eigenvalue weighted by Gasteiger charge is 2.47. The number of rotatable bonds is 4. The number of para-hydroxylation sites is 1. The van der Waals surface area contributed by atoms with Crippen LogP contribution in [0, 0.1) is 17.8 Å². The van der Waals surface area contributed by atoms with Gasteiger partial charge in [0.1, 0.15) is 5.69 Å². The monoisotopic (exact) mass is 300 g/mol. The van der Waals surface area contributed by atoms with Crippen molar-refractivity contribution in [2.45, 2.75) is 31.7 Å². The Bertz CT molecular complexity index is 696. The first kappa shape index (κ1) is 13.8. The van der Waals surface area contributed by atoms with Crippen LogP contribution in [0.3, 0.4) is 0 Å². The average molecular weight is 300 g/mol. The summed E-state index contributed by atoms with van der Waals surface area (Å²) in [6, 6.07) is 7.69. The maximum atomic E-state index is 12.4. The van der Waals surface area contributed by atoms with Crippen LogP contribution >= 0.6 is 0 Å². The number of aliphatic hydroxyl groups excluding tert-OH is 1. The SMILES string of the molecule is O=C(Cc1noc2ccccc12)NC1C2CCC(C2)C1CO. The fraction of sp³-hybridized carbons (Fsp3) is 0.529. The van der Waals surface area contributed by atoms with Gasteiger partial charge < -0.3 is 14.9 Å². The molecule has 5 heteroatoms. The van der Waals surface area contributed by atoms with E-state index in [-0.39, 0.29) is 30.9 Å². The molecule has 4 rings (SSSR count). The number of carbonyl (C=O) groups is 1. The Balaban J connectivity index is 1.47. The lowest BCUT2D eigenvalue weighted by atomic mass is 9.85. The minimum absolute atomic E-state index is 0.0324. The van der Waals surface area contributed by atoms with E-state index in [1.54, 1.807) is 0 Å². The lowest BCUT2D eigenvalue weighted by molar-refractivity contribution is -0.122. The van der Waals surface area contributed by atoms with Gasteiger partial charge >= 0.3 is 0 Å². The van der Waals surface area contributed by atoms with Crippen molar-refractivity contribution in [2.24, 2.45) is 17.8 Å². The normalized spacial score (nSPS) is 30.0. The lowest BCUT2D eigenvalue weighted by Crippen LogP contribution is -2.45. The van der Waals surface area contributed by atoms with Crippen LogP contribution in [0.25, 0.3) is 11.0 Å². The van der Waals surface area contributed by atoms with Gasteiger partial charge in [0.05, 0.1) is 6.42 Å². The van der Waals surface area contributed by atoms with Crippen LogP contribution in [0.4, 0.5) is 0 Å². The molecule has 2 fully saturated rings. The number of hydrogen-bond donors (Lipinski definition) is 2. The van der Waals surface area contributed by atoms with Crippen LogP contribution < -0.4 is 5.32 Å². The minimum Gasteiger partial charge on any atom is -0.396 e. The van der Waals surface area contributed by atoms with Crippen LogP contribution in [-0.2, 0) is 11.2 Å². The van der Waals surface area contributed by atoms with E-state index in [4.69, 9.17) is 4.52 Å². The summed E-state index contributed by atoms with van der Waals surface area (Å²) in [6.07, 6.45) is 3.72. The zero-order chi connectivity index (χ0) is 15.1. The summed E-state index contributed by atoms with van der Waals surface area (Å²) in [5.74, 6) is 1.29. The van der Waals surface area contributed by atoms with E-state index in [0.717, 1.165) is 11.8 Å². The second-order valence-corrected chi connectivity index (χ2v) is 6.58. The van der Waals surface area contributed by atoms with Gasteiger partial charge in [-0.2, -0.15) is 0 Å². The Morgan fingerprint density at radius 1 is 1.32 bits per heavy atom. The third-order valence-corrected chi connectivity index (χ3v) is 5.41. The van der Waals surface area contributed by atoms with E-state index in [2.05, 4.69) is 10.5 Å². The fourth-order valence-corrected chi connectivity index (χ4v) is 4.35. The van der Waals surface area contributed by atoms with Crippen molar-refractivity contribution >= 4 is 16.9 Å². The molecule has 1 amide bonds. The van der Waals surface area contributed by atoms with Crippen molar-refractivity contribution in [2.75, 3.05) is 6.61 Å². The van der Waals surface area contributed by atoms with Gasteiger partial charge in [-0.25, -0.2) is 0 Å². The van der Waals surface area contributed by atoms with Crippen LogP contribution in [0.5, 0.6) is 0 Å². The predicted molar refractivity (Wildman–Crippen MR) is 81.1 cm³/mol. The van der Waals surface area contributed by atoms with Crippen LogP contribution in [0.15, 0.2) is 28.8 Å². The Hall–Kier alpha value is -1.88. The number of amides is 1. The molecular weight excluding hydrogens is 280 g/mol. The zero-order valence-electron chi connectivity index (χ0n) is 12.4. The Kier molecular flexibility index (Phi) is 3.37. The summed E-state index contributed by atoms with van der Waals surface area (Å²) < 4.78 is 5.24. The maximum absolute atomic E-state index is 12.4. The highest BCUT2D eigenvalue weighted by atomic mass is 16.5. The topological polar surface area (TPSA) is 75.4 Å². The minimum atomic E-state index is -0.0324. The highest BCUT2D eigenvalue weighted by molar-refractivity contribution is 5.86. The molecule has 0 aliphatic heterocycles. The number of nitrogens with zero attached hydrogens (tertiary/aromatic N) is 1.